The molecule has 0 spiro atoms. The molecule has 0 aromatic carbocycles. The van der Waals surface area contributed by atoms with Gasteiger partial charge in [-0.1, -0.05) is 6.92 Å². The van der Waals surface area contributed by atoms with Crippen LogP contribution in [0, 0.1) is 0 Å². The van der Waals surface area contributed by atoms with E-state index in [1.54, 1.807) is 18.7 Å². The van der Waals surface area contributed by atoms with Crippen LogP contribution in [0.4, 0.5) is 0 Å². The van der Waals surface area contributed by atoms with Gasteiger partial charge in [0.25, 0.3) is 0 Å². The predicted octanol–water partition coefficient (Wildman–Crippen LogP) is 2.81. The van der Waals surface area contributed by atoms with E-state index in [1.807, 2.05) is 6.07 Å². The molecule has 0 amide bonds. The molecule has 1 atom stereocenters. The van der Waals surface area contributed by atoms with Gasteiger partial charge in [0.15, 0.2) is 5.22 Å². The van der Waals surface area contributed by atoms with Gasteiger partial charge in [-0.15, -0.1) is 0 Å². The number of rotatable bonds is 5. The highest BCUT2D eigenvalue weighted by atomic mass is 35.5. The number of hydrogen-bond donors (Lipinski definition) is 1. The van der Waals surface area contributed by atoms with Gasteiger partial charge in [-0.25, -0.2) is 9.97 Å². The van der Waals surface area contributed by atoms with Crippen molar-refractivity contribution in [1.82, 2.24) is 15.3 Å². The number of halogens is 1. The number of furan rings is 1. The lowest BCUT2D eigenvalue weighted by Crippen LogP contribution is -2.23. The highest BCUT2D eigenvalue weighted by Gasteiger charge is 2.18. The molecule has 5 heteroatoms. The van der Waals surface area contributed by atoms with Crippen molar-refractivity contribution in [3.63, 3.8) is 0 Å². The smallest absolute Gasteiger partial charge is 0.198 e. The fourth-order valence-electron chi connectivity index (χ4n) is 1.67. The lowest BCUT2D eigenvalue weighted by Gasteiger charge is -2.17. The van der Waals surface area contributed by atoms with E-state index >= 15 is 0 Å². The molecule has 0 bridgehead atoms. The van der Waals surface area contributed by atoms with Crippen LogP contribution in [0.3, 0.4) is 0 Å². The Morgan fingerprint density at radius 2 is 2.18 bits per heavy atom. The predicted molar refractivity (Wildman–Crippen MR) is 65.9 cm³/mol. The Hall–Kier alpha value is -1.39. The molecule has 0 fully saturated rings. The van der Waals surface area contributed by atoms with Crippen molar-refractivity contribution in [2.75, 3.05) is 6.54 Å². The third kappa shape index (κ3) is 2.84. The van der Waals surface area contributed by atoms with E-state index in [4.69, 9.17) is 16.0 Å². The van der Waals surface area contributed by atoms with Gasteiger partial charge >= 0.3 is 0 Å². The molecule has 1 N–H and O–H groups in total. The van der Waals surface area contributed by atoms with Crippen LogP contribution in [0.2, 0.25) is 5.22 Å². The van der Waals surface area contributed by atoms with Crippen LogP contribution >= 0.6 is 11.6 Å². The van der Waals surface area contributed by atoms with E-state index in [2.05, 4.69) is 22.2 Å². The maximum atomic E-state index is 6.02. The van der Waals surface area contributed by atoms with Crippen molar-refractivity contribution >= 4 is 11.6 Å². The molecule has 2 rings (SSSR count). The van der Waals surface area contributed by atoms with Crippen molar-refractivity contribution in [2.24, 2.45) is 0 Å². The molecule has 0 saturated carbocycles. The average molecular weight is 252 g/mol. The fraction of sp³-hybridized carbons (Fsp3) is 0.333. The maximum absolute atomic E-state index is 6.02. The molecule has 0 aliphatic heterocycles. The van der Waals surface area contributed by atoms with Crippen LogP contribution in [-0.2, 0) is 0 Å². The molecule has 4 nitrogen and oxygen atoms in total. The van der Waals surface area contributed by atoms with Gasteiger partial charge in [0, 0.05) is 23.5 Å². The molecular weight excluding hydrogens is 238 g/mol. The van der Waals surface area contributed by atoms with Crippen LogP contribution in [0.5, 0.6) is 0 Å². The van der Waals surface area contributed by atoms with Gasteiger partial charge in [-0.05, 0) is 30.6 Å². The topological polar surface area (TPSA) is 51.0 Å². The van der Waals surface area contributed by atoms with E-state index in [-0.39, 0.29) is 6.04 Å². The van der Waals surface area contributed by atoms with Gasteiger partial charge in [0.2, 0.25) is 0 Å². The lowest BCUT2D eigenvalue weighted by atomic mass is 10.0. The fourth-order valence-corrected chi connectivity index (χ4v) is 1.89. The Balaban J connectivity index is 2.29. The second-order valence-electron chi connectivity index (χ2n) is 3.71. The summed E-state index contributed by atoms with van der Waals surface area (Å²) in [5, 5.41) is 3.81. The second kappa shape index (κ2) is 5.80. The zero-order valence-electron chi connectivity index (χ0n) is 9.56. The van der Waals surface area contributed by atoms with Crippen molar-refractivity contribution in [3.05, 3.63) is 47.4 Å². The third-order valence-electron chi connectivity index (χ3n) is 2.47. The van der Waals surface area contributed by atoms with E-state index in [1.165, 1.54) is 6.33 Å². The van der Waals surface area contributed by atoms with E-state index < -0.39 is 0 Å². The summed E-state index contributed by atoms with van der Waals surface area (Å²) in [6, 6.07) is 1.84. The molecule has 0 radical (unpaired) electrons. The van der Waals surface area contributed by atoms with Gasteiger partial charge in [-0.3, -0.25) is 0 Å². The lowest BCUT2D eigenvalue weighted by molar-refractivity contribution is 0.549. The molecule has 0 aliphatic rings. The first-order chi connectivity index (χ1) is 8.33. The second-order valence-corrected chi connectivity index (χ2v) is 4.05. The minimum Gasteiger partial charge on any atom is -0.453 e. The van der Waals surface area contributed by atoms with E-state index in [0.717, 1.165) is 24.1 Å². The quantitative estimate of drug-likeness (QED) is 0.888. The first-order valence-corrected chi connectivity index (χ1v) is 5.92. The summed E-state index contributed by atoms with van der Waals surface area (Å²) >= 11 is 6.02. The molecule has 1 unspecified atom stereocenters. The third-order valence-corrected chi connectivity index (χ3v) is 2.78. The summed E-state index contributed by atoms with van der Waals surface area (Å²) in [6.07, 6.45) is 7.70. The number of nitrogens with one attached hydrogen (secondary N) is 1. The van der Waals surface area contributed by atoms with Crippen molar-refractivity contribution in [1.29, 1.82) is 0 Å². The largest absolute Gasteiger partial charge is 0.453 e. The summed E-state index contributed by atoms with van der Waals surface area (Å²) in [5.74, 6) is 0. The number of aromatic nitrogens is 2. The Kier molecular flexibility index (Phi) is 4.12. The molecule has 0 saturated heterocycles. The maximum Gasteiger partial charge on any atom is 0.198 e. The van der Waals surface area contributed by atoms with Crippen molar-refractivity contribution < 1.29 is 4.42 Å². The summed E-state index contributed by atoms with van der Waals surface area (Å²) in [4.78, 5) is 8.06. The van der Waals surface area contributed by atoms with E-state index in [9.17, 15) is 0 Å². The summed E-state index contributed by atoms with van der Waals surface area (Å²) in [6.45, 7) is 3.00. The SMILES string of the molecule is CCCNC(c1cncnc1)c1ccoc1Cl. The molecular formula is C12H14ClN3O. The zero-order chi connectivity index (χ0) is 12.1. The van der Waals surface area contributed by atoms with Gasteiger partial charge in [0.05, 0.1) is 12.3 Å². The first kappa shape index (κ1) is 12.1. The molecule has 2 heterocycles. The van der Waals surface area contributed by atoms with Crippen LogP contribution in [-0.4, -0.2) is 16.5 Å². The van der Waals surface area contributed by atoms with E-state index in [0.29, 0.717) is 5.22 Å². The minimum absolute atomic E-state index is 0.0256. The molecule has 2 aromatic rings. The Morgan fingerprint density at radius 1 is 1.41 bits per heavy atom. The van der Waals surface area contributed by atoms with Gasteiger partial charge in [0.1, 0.15) is 6.33 Å². The Bertz CT molecular complexity index is 458. The molecule has 17 heavy (non-hydrogen) atoms. The standard InChI is InChI=1S/C12H14ClN3O/c1-2-4-16-11(9-6-14-8-15-7-9)10-3-5-17-12(10)13/h3,5-8,11,16H,2,4H2,1H3. The Morgan fingerprint density at radius 3 is 2.76 bits per heavy atom. The highest BCUT2D eigenvalue weighted by Crippen LogP contribution is 2.28. The number of hydrogen-bond acceptors (Lipinski definition) is 4. The monoisotopic (exact) mass is 251 g/mol. The van der Waals surface area contributed by atoms with Gasteiger partial charge < -0.3 is 9.73 Å². The van der Waals surface area contributed by atoms with Crippen LogP contribution in [0.25, 0.3) is 0 Å². The summed E-state index contributed by atoms with van der Waals surface area (Å²) in [7, 11) is 0. The van der Waals surface area contributed by atoms with Gasteiger partial charge in [-0.2, -0.15) is 0 Å². The van der Waals surface area contributed by atoms with Crippen LogP contribution < -0.4 is 5.32 Å². The minimum atomic E-state index is -0.0256. The molecule has 0 aliphatic carbocycles. The highest BCUT2D eigenvalue weighted by molar-refractivity contribution is 6.29. The van der Waals surface area contributed by atoms with Crippen molar-refractivity contribution in [2.45, 2.75) is 19.4 Å². The Labute approximate surface area is 105 Å². The van der Waals surface area contributed by atoms with Crippen molar-refractivity contribution in [3.8, 4) is 0 Å². The molecule has 90 valence electrons. The normalized spacial score (nSPS) is 12.6. The summed E-state index contributed by atoms with van der Waals surface area (Å²) in [5.41, 5.74) is 1.89. The number of nitrogens with zero attached hydrogens (tertiary/aromatic N) is 2. The van der Waals surface area contributed by atoms with Crippen LogP contribution in [0.1, 0.15) is 30.5 Å². The van der Waals surface area contributed by atoms with Crippen LogP contribution in [0.15, 0.2) is 35.5 Å². The average Bonchev–Trinajstić information content (AvgIpc) is 2.78. The first-order valence-electron chi connectivity index (χ1n) is 5.54. The summed E-state index contributed by atoms with van der Waals surface area (Å²) < 4.78 is 5.13. The zero-order valence-corrected chi connectivity index (χ0v) is 10.3. The molecule has 2 aromatic heterocycles.